The van der Waals surface area contributed by atoms with Crippen molar-refractivity contribution in [2.24, 2.45) is 0 Å². The van der Waals surface area contributed by atoms with Crippen LogP contribution in [0.4, 0.5) is 4.79 Å². The first kappa shape index (κ1) is 26.7. The molecule has 36 heavy (non-hydrogen) atoms. The number of benzene rings is 3. The Bertz CT molecular complexity index is 1360. The fraction of sp³-hybridized carbons (Fsp3) is 0.154. The van der Waals surface area contributed by atoms with Gasteiger partial charge in [-0.2, -0.15) is 0 Å². The van der Waals surface area contributed by atoms with Gasteiger partial charge in [-0.15, -0.1) is 0 Å². The maximum Gasteiger partial charge on any atom is 0.293 e. The lowest BCUT2D eigenvalue weighted by atomic mass is 10.1. The number of carbonyl (C=O) groups excluding carboxylic acids is 2. The number of hydrogen-bond acceptors (Lipinski definition) is 5. The van der Waals surface area contributed by atoms with Crippen molar-refractivity contribution in [3.05, 3.63) is 96.3 Å². The molecule has 0 aliphatic carbocycles. The normalized spacial score (nSPS) is 14.6. The number of rotatable bonds is 8. The van der Waals surface area contributed by atoms with E-state index in [2.05, 4.69) is 0 Å². The van der Waals surface area contributed by atoms with Crippen LogP contribution >= 0.6 is 58.2 Å². The van der Waals surface area contributed by atoms with E-state index in [0.29, 0.717) is 49.3 Å². The SMILES string of the molecule is CCOc1cc(/C=C2\SC(=O)N(Cc3ccc(Cl)c(Cl)c3)C2=O)cc(Cl)c1OCc1ccccc1Cl. The molecule has 0 N–H and O–H groups in total. The van der Waals surface area contributed by atoms with Crippen molar-refractivity contribution in [2.75, 3.05) is 6.61 Å². The van der Waals surface area contributed by atoms with Gasteiger partial charge in [0, 0.05) is 10.6 Å². The first-order valence-corrected chi connectivity index (χ1v) is 13.1. The average Bonchev–Trinajstić information content (AvgIpc) is 3.09. The molecule has 0 saturated carbocycles. The van der Waals surface area contributed by atoms with Crippen LogP contribution in [0.15, 0.2) is 59.5 Å². The molecule has 0 radical (unpaired) electrons. The van der Waals surface area contributed by atoms with Crippen LogP contribution in [0.2, 0.25) is 20.1 Å². The third kappa shape index (κ3) is 6.13. The number of amides is 2. The van der Waals surface area contributed by atoms with Gasteiger partial charge in [0.1, 0.15) is 6.61 Å². The maximum absolute atomic E-state index is 13.0. The van der Waals surface area contributed by atoms with Gasteiger partial charge in [0.15, 0.2) is 11.5 Å². The molecule has 1 aliphatic rings. The molecular weight excluding hydrogens is 564 g/mol. The number of ether oxygens (including phenoxy) is 2. The number of halogens is 4. The molecule has 3 aromatic carbocycles. The average molecular weight is 583 g/mol. The summed E-state index contributed by atoms with van der Waals surface area (Å²) >= 11 is 25.6. The Hall–Kier alpha value is -2.35. The lowest BCUT2D eigenvalue weighted by Gasteiger charge is -2.15. The number of imide groups is 1. The molecule has 1 saturated heterocycles. The second-order valence-electron chi connectivity index (χ2n) is 7.66. The number of thioether (sulfide) groups is 1. The summed E-state index contributed by atoms with van der Waals surface area (Å²) in [5, 5.41) is 1.25. The third-order valence-corrected chi connectivity index (χ3v) is 7.45. The minimum absolute atomic E-state index is 0.0820. The van der Waals surface area contributed by atoms with Gasteiger partial charge in [0.05, 0.1) is 33.1 Å². The quantitative estimate of drug-likeness (QED) is 0.249. The first-order chi connectivity index (χ1) is 17.3. The molecule has 1 aliphatic heterocycles. The van der Waals surface area contributed by atoms with Gasteiger partial charge in [-0.25, -0.2) is 0 Å². The number of nitrogens with zero attached hydrogens (tertiary/aromatic N) is 1. The van der Waals surface area contributed by atoms with E-state index in [0.717, 1.165) is 22.2 Å². The van der Waals surface area contributed by atoms with Crippen molar-refractivity contribution in [2.45, 2.75) is 20.1 Å². The maximum atomic E-state index is 13.0. The highest BCUT2D eigenvalue weighted by Crippen LogP contribution is 2.40. The summed E-state index contributed by atoms with van der Waals surface area (Å²) in [4.78, 5) is 27.0. The molecule has 186 valence electrons. The minimum Gasteiger partial charge on any atom is -0.490 e. The van der Waals surface area contributed by atoms with Gasteiger partial charge in [-0.1, -0.05) is 70.7 Å². The largest absolute Gasteiger partial charge is 0.490 e. The van der Waals surface area contributed by atoms with E-state index in [1.165, 1.54) is 0 Å². The fourth-order valence-electron chi connectivity index (χ4n) is 3.45. The van der Waals surface area contributed by atoms with E-state index in [9.17, 15) is 9.59 Å². The lowest BCUT2D eigenvalue weighted by molar-refractivity contribution is -0.123. The topological polar surface area (TPSA) is 55.8 Å². The van der Waals surface area contributed by atoms with E-state index in [1.54, 1.807) is 42.5 Å². The lowest BCUT2D eigenvalue weighted by Crippen LogP contribution is -2.27. The van der Waals surface area contributed by atoms with Crippen LogP contribution in [0.25, 0.3) is 6.08 Å². The molecule has 5 nitrogen and oxygen atoms in total. The number of hydrogen-bond donors (Lipinski definition) is 0. The number of carbonyl (C=O) groups is 2. The molecular formula is C26H19Cl4NO4S. The Labute approximate surface area is 232 Å². The van der Waals surface area contributed by atoms with E-state index in [-0.39, 0.29) is 23.3 Å². The van der Waals surface area contributed by atoms with Crippen molar-refractivity contribution < 1.29 is 19.1 Å². The minimum atomic E-state index is -0.413. The fourth-order valence-corrected chi connectivity index (χ4v) is 5.07. The van der Waals surface area contributed by atoms with Gasteiger partial charge in [0.2, 0.25) is 0 Å². The summed E-state index contributed by atoms with van der Waals surface area (Å²) in [7, 11) is 0. The standard InChI is InChI=1S/C26H19Cl4NO4S/c1-2-34-22-11-16(10-21(30)24(22)35-14-17-5-3-4-6-18(17)27)12-23-25(32)31(26(33)36-23)13-15-7-8-19(28)20(29)9-15/h3-12H,2,13-14H2,1H3/b23-12-. The highest BCUT2D eigenvalue weighted by Gasteiger charge is 2.35. The second-order valence-corrected chi connectivity index (χ2v) is 10.3. The molecule has 0 aromatic heterocycles. The summed E-state index contributed by atoms with van der Waals surface area (Å²) in [6, 6.07) is 15.7. The van der Waals surface area contributed by atoms with Crippen molar-refractivity contribution in [1.29, 1.82) is 0 Å². The van der Waals surface area contributed by atoms with E-state index >= 15 is 0 Å². The Kier molecular flexibility index (Phi) is 8.75. The molecule has 0 unspecified atom stereocenters. The van der Waals surface area contributed by atoms with Gasteiger partial charge in [0.25, 0.3) is 11.1 Å². The molecule has 4 rings (SSSR count). The molecule has 1 fully saturated rings. The van der Waals surface area contributed by atoms with Crippen LogP contribution < -0.4 is 9.47 Å². The van der Waals surface area contributed by atoms with Crippen molar-refractivity contribution in [1.82, 2.24) is 4.90 Å². The first-order valence-electron chi connectivity index (χ1n) is 10.8. The van der Waals surface area contributed by atoms with Crippen LogP contribution in [0.1, 0.15) is 23.6 Å². The summed E-state index contributed by atoms with van der Waals surface area (Å²) in [5.74, 6) is 0.367. The highest BCUT2D eigenvalue weighted by molar-refractivity contribution is 8.18. The Morgan fingerprint density at radius 2 is 1.67 bits per heavy atom. The molecule has 0 bridgehead atoms. The Balaban J connectivity index is 1.56. The smallest absolute Gasteiger partial charge is 0.293 e. The van der Waals surface area contributed by atoms with Crippen molar-refractivity contribution >= 4 is 75.4 Å². The van der Waals surface area contributed by atoms with Crippen LogP contribution in [-0.2, 0) is 17.9 Å². The summed E-state index contributed by atoms with van der Waals surface area (Å²) in [5.41, 5.74) is 2.08. The third-order valence-electron chi connectivity index (χ3n) is 5.16. The molecule has 2 amide bonds. The Morgan fingerprint density at radius 1 is 0.889 bits per heavy atom. The van der Waals surface area contributed by atoms with Crippen LogP contribution in [0, 0.1) is 0 Å². The predicted octanol–water partition coefficient (Wildman–Crippen LogP) is 8.51. The molecule has 1 heterocycles. The second kappa shape index (κ2) is 11.8. The van der Waals surface area contributed by atoms with Crippen LogP contribution in [0.3, 0.4) is 0 Å². The van der Waals surface area contributed by atoms with Gasteiger partial charge in [-0.05, 0) is 66.2 Å². The van der Waals surface area contributed by atoms with Gasteiger partial charge >= 0.3 is 0 Å². The van der Waals surface area contributed by atoms with E-state index in [1.807, 2.05) is 25.1 Å². The molecule has 0 atom stereocenters. The zero-order valence-electron chi connectivity index (χ0n) is 18.9. The summed E-state index contributed by atoms with van der Waals surface area (Å²) in [6.45, 7) is 2.50. The summed E-state index contributed by atoms with van der Waals surface area (Å²) < 4.78 is 11.7. The van der Waals surface area contributed by atoms with Gasteiger partial charge in [-0.3, -0.25) is 14.5 Å². The van der Waals surface area contributed by atoms with Gasteiger partial charge < -0.3 is 9.47 Å². The van der Waals surface area contributed by atoms with Crippen LogP contribution in [0.5, 0.6) is 11.5 Å². The highest BCUT2D eigenvalue weighted by atomic mass is 35.5. The monoisotopic (exact) mass is 581 g/mol. The zero-order chi connectivity index (χ0) is 25.8. The zero-order valence-corrected chi connectivity index (χ0v) is 22.7. The van der Waals surface area contributed by atoms with Crippen molar-refractivity contribution in [3.8, 4) is 11.5 Å². The molecule has 10 heteroatoms. The van der Waals surface area contributed by atoms with E-state index in [4.69, 9.17) is 55.9 Å². The Morgan fingerprint density at radius 3 is 2.39 bits per heavy atom. The van der Waals surface area contributed by atoms with Crippen molar-refractivity contribution in [3.63, 3.8) is 0 Å². The summed E-state index contributed by atoms with van der Waals surface area (Å²) in [6.07, 6.45) is 1.60. The molecule has 0 spiro atoms. The predicted molar refractivity (Wildman–Crippen MR) is 146 cm³/mol. The van der Waals surface area contributed by atoms with Crippen LogP contribution in [-0.4, -0.2) is 22.7 Å². The van der Waals surface area contributed by atoms with E-state index < -0.39 is 5.91 Å². The molecule has 3 aromatic rings.